The fourth-order valence-electron chi connectivity index (χ4n) is 2.65. The first kappa shape index (κ1) is 16.8. The lowest BCUT2D eigenvalue weighted by Gasteiger charge is -2.12. The third-order valence-electron chi connectivity index (χ3n) is 3.89. The van der Waals surface area contributed by atoms with Crippen molar-refractivity contribution in [1.82, 2.24) is 0 Å². The molecule has 1 amide bonds. The number of para-hydroxylation sites is 1. The fourth-order valence-corrected chi connectivity index (χ4v) is 2.65. The number of carbonyl (C=O) groups excluding carboxylic acids is 1. The van der Waals surface area contributed by atoms with Crippen LogP contribution in [0.1, 0.15) is 16.7 Å². The third kappa shape index (κ3) is 4.95. The maximum Gasteiger partial charge on any atom is 0.262 e. The minimum Gasteiger partial charge on any atom is -0.484 e. The number of ether oxygens (including phenoxy) is 1. The number of amides is 1. The zero-order chi connectivity index (χ0) is 17.5. The largest absolute Gasteiger partial charge is 0.484 e. The fraction of sp³-hybridized carbons (Fsp3) is 0.136. The molecule has 0 saturated heterocycles. The van der Waals surface area contributed by atoms with E-state index in [2.05, 4.69) is 17.4 Å². The van der Waals surface area contributed by atoms with Gasteiger partial charge in [0.1, 0.15) is 5.75 Å². The number of hydrogen-bond donors (Lipinski definition) is 1. The monoisotopic (exact) mass is 331 g/mol. The molecule has 0 fully saturated rings. The number of anilines is 1. The summed E-state index contributed by atoms with van der Waals surface area (Å²) in [6, 6.07) is 25.7. The molecule has 0 spiro atoms. The summed E-state index contributed by atoms with van der Waals surface area (Å²) in [5.41, 5.74) is 4.22. The Labute approximate surface area is 148 Å². The van der Waals surface area contributed by atoms with Crippen molar-refractivity contribution in [2.45, 2.75) is 13.3 Å². The predicted molar refractivity (Wildman–Crippen MR) is 101 cm³/mol. The number of hydrogen-bond acceptors (Lipinski definition) is 2. The molecular formula is C22H21NO2. The number of benzene rings is 3. The van der Waals surface area contributed by atoms with Gasteiger partial charge in [-0.2, -0.15) is 0 Å². The molecule has 0 aliphatic carbocycles. The average Bonchev–Trinajstić information content (AvgIpc) is 2.63. The average molecular weight is 331 g/mol. The molecule has 3 aromatic carbocycles. The summed E-state index contributed by atoms with van der Waals surface area (Å²) in [7, 11) is 0. The quantitative estimate of drug-likeness (QED) is 0.717. The van der Waals surface area contributed by atoms with Crippen molar-refractivity contribution < 1.29 is 9.53 Å². The van der Waals surface area contributed by atoms with Crippen molar-refractivity contribution in [3.63, 3.8) is 0 Å². The Morgan fingerprint density at radius 1 is 0.920 bits per heavy atom. The minimum atomic E-state index is -0.165. The Bertz CT molecular complexity index is 843. The van der Waals surface area contributed by atoms with Crippen molar-refractivity contribution in [2.75, 3.05) is 11.9 Å². The molecule has 0 bridgehead atoms. The van der Waals surface area contributed by atoms with Crippen LogP contribution in [-0.4, -0.2) is 12.5 Å². The molecular weight excluding hydrogens is 310 g/mol. The number of aryl methyl sites for hydroxylation is 1. The summed E-state index contributed by atoms with van der Waals surface area (Å²) in [4.78, 5) is 12.2. The molecule has 0 unspecified atom stereocenters. The van der Waals surface area contributed by atoms with Gasteiger partial charge in [-0.25, -0.2) is 0 Å². The van der Waals surface area contributed by atoms with Crippen LogP contribution in [0.4, 0.5) is 5.69 Å². The first-order chi connectivity index (χ1) is 12.2. The Morgan fingerprint density at radius 3 is 2.48 bits per heavy atom. The molecule has 0 aromatic heterocycles. The number of nitrogens with one attached hydrogen (secondary N) is 1. The number of rotatable bonds is 6. The Balaban J connectivity index is 1.63. The molecule has 3 aromatic rings. The van der Waals surface area contributed by atoms with Crippen molar-refractivity contribution >= 4 is 11.6 Å². The standard InChI is InChI=1S/C22H21NO2/c1-17-8-7-12-20(14-17)25-16-22(24)23-21-13-6-5-11-19(21)15-18-9-3-2-4-10-18/h2-14H,15-16H2,1H3,(H,23,24). The van der Waals surface area contributed by atoms with Gasteiger partial charge >= 0.3 is 0 Å². The summed E-state index contributed by atoms with van der Waals surface area (Å²) in [5.74, 6) is 0.537. The van der Waals surface area contributed by atoms with Gasteiger partial charge in [0.15, 0.2) is 6.61 Å². The molecule has 0 aliphatic heterocycles. The first-order valence-electron chi connectivity index (χ1n) is 8.32. The molecule has 0 heterocycles. The summed E-state index contributed by atoms with van der Waals surface area (Å²) in [6.07, 6.45) is 0.774. The Kier molecular flexibility index (Phi) is 5.47. The maximum atomic E-state index is 12.2. The molecule has 1 N–H and O–H groups in total. The van der Waals surface area contributed by atoms with E-state index in [9.17, 15) is 4.79 Å². The topological polar surface area (TPSA) is 38.3 Å². The Morgan fingerprint density at radius 2 is 1.68 bits per heavy atom. The second-order valence-corrected chi connectivity index (χ2v) is 5.97. The molecule has 0 aliphatic rings. The van der Waals surface area contributed by atoms with Crippen LogP contribution in [0.25, 0.3) is 0 Å². The van der Waals surface area contributed by atoms with Gasteiger partial charge in [0.25, 0.3) is 5.91 Å². The smallest absolute Gasteiger partial charge is 0.262 e. The van der Waals surface area contributed by atoms with Gasteiger partial charge in [-0.15, -0.1) is 0 Å². The molecule has 3 rings (SSSR count). The highest BCUT2D eigenvalue weighted by atomic mass is 16.5. The van der Waals surface area contributed by atoms with E-state index in [0.717, 1.165) is 23.2 Å². The van der Waals surface area contributed by atoms with E-state index >= 15 is 0 Å². The van der Waals surface area contributed by atoms with Gasteiger partial charge in [0, 0.05) is 5.69 Å². The summed E-state index contributed by atoms with van der Waals surface area (Å²) >= 11 is 0. The van der Waals surface area contributed by atoms with Crippen LogP contribution < -0.4 is 10.1 Å². The molecule has 3 heteroatoms. The van der Waals surface area contributed by atoms with Crippen LogP contribution in [-0.2, 0) is 11.2 Å². The van der Waals surface area contributed by atoms with Crippen LogP contribution in [0.15, 0.2) is 78.9 Å². The van der Waals surface area contributed by atoms with Gasteiger partial charge < -0.3 is 10.1 Å². The van der Waals surface area contributed by atoms with Crippen LogP contribution in [0.2, 0.25) is 0 Å². The van der Waals surface area contributed by atoms with Crippen LogP contribution >= 0.6 is 0 Å². The predicted octanol–water partition coefficient (Wildman–Crippen LogP) is 4.60. The van der Waals surface area contributed by atoms with Gasteiger partial charge in [-0.05, 0) is 48.2 Å². The van der Waals surface area contributed by atoms with E-state index in [0.29, 0.717) is 5.75 Å². The van der Waals surface area contributed by atoms with E-state index in [1.807, 2.05) is 73.7 Å². The van der Waals surface area contributed by atoms with E-state index in [-0.39, 0.29) is 12.5 Å². The highest BCUT2D eigenvalue weighted by Gasteiger charge is 2.08. The second kappa shape index (κ2) is 8.15. The van der Waals surface area contributed by atoms with Crippen molar-refractivity contribution in [2.24, 2.45) is 0 Å². The van der Waals surface area contributed by atoms with Crippen molar-refractivity contribution in [3.05, 3.63) is 95.6 Å². The van der Waals surface area contributed by atoms with Crippen LogP contribution in [0.5, 0.6) is 5.75 Å². The normalized spacial score (nSPS) is 10.3. The van der Waals surface area contributed by atoms with Crippen LogP contribution in [0.3, 0.4) is 0 Å². The van der Waals surface area contributed by atoms with Gasteiger partial charge in [0.05, 0.1) is 0 Å². The molecule has 0 radical (unpaired) electrons. The highest BCUT2D eigenvalue weighted by Crippen LogP contribution is 2.19. The zero-order valence-corrected chi connectivity index (χ0v) is 14.2. The van der Waals surface area contributed by atoms with Crippen molar-refractivity contribution in [3.8, 4) is 5.75 Å². The maximum absolute atomic E-state index is 12.2. The van der Waals surface area contributed by atoms with Gasteiger partial charge in [-0.1, -0.05) is 60.7 Å². The first-order valence-corrected chi connectivity index (χ1v) is 8.32. The van der Waals surface area contributed by atoms with E-state index in [1.54, 1.807) is 0 Å². The zero-order valence-electron chi connectivity index (χ0n) is 14.2. The summed E-state index contributed by atoms with van der Waals surface area (Å²) < 4.78 is 5.57. The third-order valence-corrected chi connectivity index (χ3v) is 3.89. The lowest BCUT2D eigenvalue weighted by atomic mass is 10.0. The van der Waals surface area contributed by atoms with E-state index < -0.39 is 0 Å². The molecule has 0 saturated carbocycles. The molecule has 25 heavy (non-hydrogen) atoms. The van der Waals surface area contributed by atoms with Gasteiger partial charge in [0.2, 0.25) is 0 Å². The number of carbonyl (C=O) groups is 1. The molecule has 126 valence electrons. The lowest BCUT2D eigenvalue weighted by molar-refractivity contribution is -0.118. The van der Waals surface area contributed by atoms with Crippen LogP contribution in [0, 0.1) is 6.92 Å². The summed E-state index contributed by atoms with van der Waals surface area (Å²) in [5, 5.41) is 2.95. The summed E-state index contributed by atoms with van der Waals surface area (Å²) in [6.45, 7) is 1.98. The van der Waals surface area contributed by atoms with E-state index in [4.69, 9.17) is 4.74 Å². The van der Waals surface area contributed by atoms with Gasteiger partial charge in [-0.3, -0.25) is 4.79 Å². The second-order valence-electron chi connectivity index (χ2n) is 5.97. The SMILES string of the molecule is Cc1cccc(OCC(=O)Nc2ccccc2Cc2ccccc2)c1. The minimum absolute atomic E-state index is 0.0108. The molecule has 3 nitrogen and oxygen atoms in total. The van der Waals surface area contributed by atoms with E-state index in [1.165, 1.54) is 5.56 Å². The highest BCUT2D eigenvalue weighted by molar-refractivity contribution is 5.92. The lowest BCUT2D eigenvalue weighted by Crippen LogP contribution is -2.21. The Hall–Kier alpha value is -3.07. The molecule has 0 atom stereocenters. The van der Waals surface area contributed by atoms with Crippen molar-refractivity contribution in [1.29, 1.82) is 0 Å².